The van der Waals surface area contributed by atoms with E-state index < -0.39 is 5.72 Å². The van der Waals surface area contributed by atoms with Crippen molar-refractivity contribution in [3.63, 3.8) is 0 Å². The Labute approximate surface area is 133 Å². The molecule has 0 saturated heterocycles. The highest BCUT2D eigenvalue weighted by molar-refractivity contribution is 5.78. The highest BCUT2D eigenvalue weighted by Crippen LogP contribution is 2.42. The van der Waals surface area contributed by atoms with Gasteiger partial charge in [0.15, 0.2) is 5.72 Å². The fourth-order valence-electron chi connectivity index (χ4n) is 2.82. The summed E-state index contributed by atoms with van der Waals surface area (Å²) in [7, 11) is 1.70. The molecule has 3 heterocycles. The molecule has 1 atom stereocenters. The van der Waals surface area contributed by atoms with Crippen molar-refractivity contribution in [2.24, 2.45) is 4.99 Å². The molecule has 3 rings (SSSR count). The molecule has 0 aliphatic carbocycles. The number of aliphatic hydroxyl groups is 1. The average Bonchev–Trinajstić information content (AvgIpc) is 3.02. The second kappa shape index (κ2) is 5.41. The van der Waals surface area contributed by atoms with Crippen molar-refractivity contribution >= 4 is 17.8 Å². The lowest BCUT2D eigenvalue weighted by Gasteiger charge is -2.39. The first-order valence-corrected chi connectivity index (χ1v) is 7.17. The van der Waals surface area contributed by atoms with Gasteiger partial charge in [0.1, 0.15) is 23.2 Å². The van der Waals surface area contributed by atoms with Gasteiger partial charge in [-0.05, 0) is 26.0 Å². The molecule has 0 saturated carbocycles. The van der Waals surface area contributed by atoms with E-state index in [1.807, 2.05) is 6.07 Å². The normalized spacial score (nSPS) is 19.3. The number of aliphatic imine (C=N–C) groups is 1. The number of pyridine rings is 1. The van der Waals surface area contributed by atoms with Gasteiger partial charge in [-0.15, -0.1) is 0 Å². The first-order valence-electron chi connectivity index (χ1n) is 7.17. The summed E-state index contributed by atoms with van der Waals surface area (Å²) >= 11 is 0. The van der Waals surface area contributed by atoms with Crippen LogP contribution in [0.5, 0.6) is 0 Å². The lowest BCUT2D eigenvalue weighted by molar-refractivity contribution is -0.0653. The maximum atomic E-state index is 11.1. The van der Waals surface area contributed by atoms with E-state index in [2.05, 4.69) is 21.4 Å². The molecule has 0 spiro atoms. The van der Waals surface area contributed by atoms with Crippen LogP contribution in [-0.4, -0.2) is 28.4 Å². The van der Waals surface area contributed by atoms with E-state index in [4.69, 9.17) is 4.42 Å². The van der Waals surface area contributed by atoms with E-state index in [1.165, 1.54) is 6.34 Å². The number of hydrogen-bond donors (Lipinski definition) is 2. The van der Waals surface area contributed by atoms with E-state index in [0.29, 0.717) is 40.6 Å². The van der Waals surface area contributed by atoms with Crippen molar-refractivity contribution in [2.75, 3.05) is 12.4 Å². The molecule has 7 nitrogen and oxygen atoms in total. The Balaban J connectivity index is 2.12. The van der Waals surface area contributed by atoms with Crippen molar-refractivity contribution in [1.82, 2.24) is 9.88 Å². The van der Waals surface area contributed by atoms with Crippen LogP contribution in [0.1, 0.15) is 29.5 Å². The van der Waals surface area contributed by atoms with Crippen molar-refractivity contribution in [3.8, 4) is 6.07 Å². The second-order valence-electron chi connectivity index (χ2n) is 5.48. The molecule has 0 fully saturated rings. The number of nitriles is 1. The fourth-order valence-corrected chi connectivity index (χ4v) is 2.82. The van der Waals surface area contributed by atoms with E-state index in [1.54, 1.807) is 38.1 Å². The number of rotatable bonds is 3. The van der Waals surface area contributed by atoms with Crippen molar-refractivity contribution < 1.29 is 9.52 Å². The fraction of sp³-hybridized carbons (Fsp3) is 0.312. The second-order valence-corrected chi connectivity index (χ2v) is 5.48. The molecule has 0 bridgehead atoms. The minimum Gasteiger partial charge on any atom is -0.467 e. The zero-order valence-corrected chi connectivity index (χ0v) is 13.2. The highest BCUT2D eigenvalue weighted by Gasteiger charge is 2.39. The Bertz CT molecular complexity index is 803. The van der Waals surface area contributed by atoms with Crippen LogP contribution in [0.15, 0.2) is 27.8 Å². The van der Waals surface area contributed by atoms with Gasteiger partial charge in [0, 0.05) is 12.7 Å². The van der Waals surface area contributed by atoms with Crippen LogP contribution in [0.25, 0.3) is 0 Å². The molecule has 1 aliphatic heterocycles. The van der Waals surface area contributed by atoms with Crippen LogP contribution in [0.3, 0.4) is 0 Å². The summed E-state index contributed by atoms with van der Waals surface area (Å²) < 4.78 is 5.34. The van der Waals surface area contributed by atoms with Crippen LogP contribution < -0.4 is 5.32 Å². The summed E-state index contributed by atoms with van der Waals surface area (Å²) in [6, 6.07) is 5.73. The van der Waals surface area contributed by atoms with Gasteiger partial charge < -0.3 is 19.7 Å². The molecule has 1 aliphatic rings. The van der Waals surface area contributed by atoms with Crippen LogP contribution in [0.4, 0.5) is 11.5 Å². The highest BCUT2D eigenvalue weighted by atomic mass is 16.3. The smallest absolute Gasteiger partial charge is 0.166 e. The Morgan fingerprint density at radius 2 is 2.30 bits per heavy atom. The Hall–Kier alpha value is -2.85. The number of aromatic nitrogens is 1. The van der Waals surface area contributed by atoms with Crippen LogP contribution >= 0.6 is 0 Å². The van der Waals surface area contributed by atoms with Gasteiger partial charge in [-0.25, -0.2) is 9.98 Å². The zero-order chi connectivity index (χ0) is 16.6. The minimum absolute atomic E-state index is 0.322. The summed E-state index contributed by atoms with van der Waals surface area (Å²) in [6.45, 7) is 3.81. The maximum Gasteiger partial charge on any atom is 0.166 e. The standard InChI is InChI=1S/C16H17N5O2/c1-10-13-14(12(7-17)15(18-3)20-10)19-9-21(16(13,2)22)8-11-5-4-6-23-11/h4-6,9,22H,8H2,1-3H3,(H,18,20). The third-order valence-electron chi connectivity index (χ3n) is 3.97. The zero-order valence-electron chi connectivity index (χ0n) is 13.2. The van der Waals surface area contributed by atoms with Crippen molar-refractivity contribution in [3.05, 3.63) is 41.0 Å². The monoisotopic (exact) mass is 311 g/mol. The molecular weight excluding hydrogens is 294 g/mol. The Kier molecular flexibility index (Phi) is 3.54. The summed E-state index contributed by atoms with van der Waals surface area (Å²) in [4.78, 5) is 10.4. The predicted octanol–water partition coefficient (Wildman–Crippen LogP) is 2.24. The molecule has 2 N–H and O–H groups in total. The molecule has 23 heavy (non-hydrogen) atoms. The molecule has 0 radical (unpaired) electrons. The lowest BCUT2D eigenvalue weighted by Crippen LogP contribution is -2.45. The molecular formula is C16H17N5O2. The average molecular weight is 311 g/mol. The number of nitrogens with one attached hydrogen (secondary N) is 1. The third kappa shape index (κ3) is 2.33. The van der Waals surface area contributed by atoms with Crippen LogP contribution in [0.2, 0.25) is 0 Å². The van der Waals surface area contributed by atoms with E-state index in [0.717, 1.165) is 0 Å². The van der Waals surface area contributed by atoms with Gasteiger partial charge in [0.2, 0.25) is 0 Å². The number of fused-ring (bicyclic) bond motifs is 1. The van der Waals surface area contributed by atoms with Crippen molar-refractivity contribution in [1.29, 1.82) is 5.26 Å². The first-order chi connectivity index (χ1) is 11.0. The van der Waals surface area contributed by atoms with E-state index >= 15 is 0 Å². The van der Waals surface area contributed by atoms with Gasteiger partial charge in [-0.2, -0.15) is 5.26 Å². The molecule has 2 aromatic heterocycles. The number of hydrogen-bond acceptors (Lipinski definition) is 7. The van der Waals surface area contributed by atoms with E-state index in [-0.39, 0.29) is 0 Å². The number of furan rings is 1. The largest absolute Gasteiger partial charge is 0.467 e. The Morgan fingerprint density at radius 1 is 1.52 bits per heavy atom. The predicted molar refractivity (Wildman–Crippen MR) is 85.2 cm³/mol. The molecule has 1 unspecified atom stereocenters. The summed E-state index contributed by atoms with van der Waals surface area (Å²) in [6.07, 6.45) is 3.11. The first kappa shape index (κ1) is 15.1. The molecule has 118 valence electrons. The van der Waals surface area contributed by atoms with Gasteiger partial charge in [-0.1, -0.05) is 0 Å². The Morgan fingerprint density at radius 3 is 2.91 bits per heavy atom. The van der Waals surface area contributed by atoms with Gasteiger partial charge in [-0.3, -0.25) is 0 Å². The number of nitrogens with zero attached hydrogens (tertiary/aromatic N) is 4. The van der Waals surface area contributed by atoms with Gasteiger partial charge in [0.25, 0.3) is 0 Å². The molecule has 2 aromatic rings. The van der Waals surface area contributed by atoms with Gasteiger partial charge >= 0.3 is 0 Å². The summed E-state index contributed by atoms with van der Waals surface area (Å²) in [5, 5.41) is 23.4. The lowest BCUT2D eigenvalue weighted by atomic mass is 9.95. The maximum absolute atomic E-state index is 11.1. The van der Waals surface area contributed by atoms with Crippen molar-refractivity contribution in [2.45, 2.75) is 26.1 Å². The van der Waals surface area contributed by atoms with Gasteiger partial charge in [0.05, 0.1) is 30.4 Å². The molecule has 7 heteroatoms. The third-order valence-corrected chi connectivity index (χ3v) is 3.97. The molecule has 0 amide bonds. The quantitative estimate of drug-likeness (QED) is 0.902. The molecule has 0 aromatic carbocycles. The topological polar surface area (TPSA) is 97.7 Å². The summed E-state index contributed by atoms with van der Waals surface area (Å²) in [5.74, 6) is 1.16. The SMILES string of the molecule is CNc1nc(C)c2c(c1C#N)N=CN(Cc1ccco1)C2(C)O. The number of aryl methyl sites for hydroxylation is 1. The minimum atomic E-state index is -1.35. The summed E-state index contributed by atoms with van der Waals surface area (Å²) in [5.41, 5.74) is 0.572. The number of anilines is 1. The van der Waals surface area contributed by atoms with E-state index in [9.17, 15) is 10.4 Å². The van der Waals surface area contributed by atoms with Crippen LogP contribution in [0, 0.1) is 18.3 Å². The van der Waals surface area contributed by atoms with Crippen LogP contribution in [-0.2, 0) is 12.3 Å².